The summed E-state index contributed by atoms with van der Waals surface area (Å²) in [4.78, 5) is 21.5. The maximum absolute atomic E-state index is 13.6. The van der Waals surface area contributed by atoms with Gasteiger partial charge in [0.2, 0.25) is 0 Å². The van der Waals surface area contributed by atoms with Crippen molar-refractivity contribution in [1.82, 2.24) is 20.1 Å². The predicted octanol–water partition coefficient (Wildman–Crippen LogP) is 4.48. The van der Waals surface area contributed by atoms with Gasteiger partial charge in [0.05, 0.1) is 0 Å². The molecule has 2 N–H and O–H groups in total. The summed E-state index contributed by atoms with van der Waals surface area (Å²) in [5.41, 5.74) is 4.03. The van der Waals surface area contributed by atoms with Crippen molar-refractivity contribution < 1.29 is 23.2 Å². The molecule has 6 heteroatoms. The first-order chi connectivity index (χ1) is 16.0. The molecule has 181 valence electrons. The van der Waals surface area contributed by atoms with Gasteiger partial charge in [-0.3, -0.25) is 0 Å². The van der Waals surface area contributed by atoms with E-state index in [-0.39, 0.29) is 13.3 Å². The average Bonchev–Trinajstić information content (AvgIpc) is 3.21. The fraction of sp³-hybridized carbons (Fsp3) is 0.556. The van der Waals surface area contributed by atoms with Crippen LogP contribution >= 0.6 is 0 Å². The summed E-state index contributed by atoms with van der Waals surface area (Å²) in [6.45, 7) is 13.6. The van der Waals surface area contributed by atoms with Crippen LogP contribution in [0.4, 0.5) is 0 Å². The van der Waals surface area contributed by atoms with E-state index in [1.807, 2.05) is 24.9 Å². The molecule has 1 aromatic heterocycles. The monoisotopic (exact) mass is 489 g/mol. The van der Waals surface area contributed by atoms with Crippen LogP contribution in [0.3, 0.4) is 0 Å². The Balaban J connectivity index is 0.000000970. The van der Waals surface area contributed by atoms with Gasteiger partial charge in [-0.1, -0.05) is 20.3 Å². The van der Waals surface area contributed by atoms with E-state index in [0.717, 1.165) is 49.8 Å². The Labute approximate surface area is 210 Å². The fourth-order valence-electron chi connectivity index (χ4n) is 5.42. The molecule has 5 nitrogen and oxygen atoms in total. The SMILES string of the molecule is C=CCN1C[C@H](C(=O)N(CCCNC)[C](C)=[V])C[C@@H]2c3cccc4[nH]cc(c34)C[C@H]21.CCC.[HH]. The molecule has 0 saturated carbocycles. The summed E-state index contributed by atoms with van der Waals surface area (Å²) >= 11 is 2.56. The van der Waals surface area contributed by atoms with Crippen molar-refractivity contribution in [1.29, 1.82) is 0 Å². The first-order valence-corrected chi connectivity index (χ1v) is 13.1. The van der Waals surface area contributed by atoms with Gasteiger partial charge >= 0.3 is 189 Å². The van der Waals surface area contributed by atoms with Crippen LogP contribution in [0, 0.1) is 5.92 Å². The third kappa shape index (κ3) is 5.71. The van der Waals surface area contributed by atoms with Crippen LogP contribution in [0.5, 0.6) is 0 Å². The van der Waals surface area contributed by atoms with Crippen LogP contribution < -0.4 is 5.32 Å². The molecule has 0 unspecified atom stereocenters. The van der Waals surface area contributed by atoms with Crippen molar-refractivity contribution in [3.8, 4) is 0 Å². The number of aromatic amines is 1. The molecule has 2 heterocycles. The van der Waals surface area contributed by atoms with Gasteiger partial charge in [0.25, 0.3) is 0 Å². The van der Waals surface area contributed by atoms with E-state index >= 15 is 0 Å². The van der Waals surface area contributed by atoms with Crippen molar-refractivity contribution >= 4 is 21.2 Å². The van der Waals surface area contributed by atoms with Gasteiger partial charge in [-0.05, 0) is 0 Å². The Morgan fingerprint density at radius 3 is 2.85 bits per heavy atom. The number of piperidine rings is 1. The van der Waals surface area contributed by atoms with Crippen molar-refractivity contribution in [3.05, 3.63) is 48.2 Å². The first kappa shape index (κ1) is 26.0. The Morgan fingerprint density at radius 1 is 1.42 bits per heavy atom. The third-order valence-electron chi connectivity index (χ3n) is 6.75. The molecule has 4 rings (SSSR count). The number of amides is 1. The van der Waals surface area contributed by atoms with E-state index in [1.54, 1.807) is 0 Å². The van der Waals surface area contributed by atoms with Crippen LogP contribution in [0.2, 0.25) is 0 Å². The van der Waals surface area contributed by atoms with Crippen LogP contribution in [-0.4, -0.2) is 64.3 Å². The number of benzene rings is 1. The Bertz CT molecular complexity index is 975. The fourth-order valence-corrected chi connectivity index (χ4v) is 5.73. The number of hydrogen-bond acceptors (Lipinski definition) is 3. The second-order valence-corrected chi connectivity index (χ2v) is 10.3. The molecule has 33 heavy (non-hydrogen) atoms. The van der Waals surface area contributed by atoms with Gasteiger partial charge in [-0.25, -0.2) is 0 Å². The Hall–Kier alpha value is -1.66. The van der Waals surface area contributed by atoms with E-state index < -0.39 is 0 Å². The van der Waals surface area contributed by atoms with E-state index in [0.29, 0.717) is 12.0 Å². The second-order valence-electron chi connectivity index (χ2n) is 9.34. The molecular formula is C27H42N4OV. The number of aromatic nitrogens is 1. The molecular weight excluding hydrogens is 447 g/mol. The van der Waals surface area contributed by atoms with Crippen molar-refractivity contribution in [2.45, 2.75) is 58.4 Å². The van der Waals surface area contributed by atoms with Crippen LogP contribution in [0.1, 0.15) is 58.5 Å². The Morgan fingerprint density at radius 2 is 2.18 bits per heavy atom. The van der Waals surface area contributed by atoms with Crippen LogP contribution in [-0.2, 0) is 28.2 Å². The maximum atomic E-state index is 13.6. The number of hydrogen-bond donors (Lipinski definition) is 2. The van der Waals surface area contributed by atoms with E-state index in [9.17, 15) is 4.79 Å². The quantitative estimate of drug-likeness (QED) is 0.425. The number of fused-ring (bicyclic) bond motifs is 2. The Kier molecular flexibility index (Phi) is 9.57. The van der Waals surface area contributed by atoms with Crippen molar-refractivity contribution in [3.63, 3.8) is 0 Å². The summed E-state index contributed by atoms with van der Waals surface area (Å²) in [5.74, 6) is 0.657. The van der Waals surface area contributed by atoms with Gasteiger partial charge < -0.3 is 0 Å². The number of rotatable bonds is 8. The zero-order chi connectivity index (χ0) is 24.0. The minimum atomic E-state index is 0. The number of likely N-dealkylation sites (tertiary alicyclic amines) is 1. The molecule has 0 radical (unpaired) electrons. The average molecular weight is 490 g/mol. The molecule has 1 fully saturated rings. The second kappa shape index (κ2) is 12.2. The van der Waals surface area contributed by atoms with E-state index in [4.69, 9.17) is 0 Å². The molecule has 0 bridgehead atoms. The topological polar surface area (TPSA) is 51.4 Å². The molecule has 2 aromatic rings. The number of carbonyl (C=O) groups is 1. The zero-order valence-corrected chi connectivity index (χ0v) is 22.1. The van der Waals surface area contributed by atoms with Gasteiger partial charge in [0, 0.05) is 1.43 Å². The summed E-state index contributed by atoms with van der Waals surface area (Å²) in [6.07, 6.45) is 8.32. The van der Waals surface area contributed by atoms with E-state index in [2.05, 4.69) is 77.0 Å². The predicted molar refractivity (Wildman–Crippen MR) is 137 cm³/mol. The van der Waals surface area contributed by atoms with Crippen molar-refractivity contribution in [2.75, 3.05) is 33.2 Å². The van der Waals surface area contributed by atoms with Gasteiger partial charge in [-0.2, -0.15) is 0 Å². The molecule has 1 aliphatic carbocycles. The minimum Gasteiger partial charge on any atom is -0.0656 e. The third-order valence-corrected chi connectivity index (χ3v) is 7.13. The number of carbonyl (C=O) groups excluding carboxylic acids is 1. The van der Waals surface area contributed by atoms with Gasteiger partial charge in [0.1, 0.15) is 0 Å². The number of nitrogens with zero attached hydrogens (tertiary/aromatic N) is 2. The molecule has 0 spiro atoms. The van der Waals surface area contributed by atoms with E-state index in [1.165, 1.54) is 28.5 Å². The number of nitrogens with one attached hydrogen (secondary N) is 2. The number of H-pyrrole nitrogens is 1. The summed E-state index contributed by atoms with van der Waals surface area (Å²) in [7, 11) is 1.96. The summed E-state index contributed by atoms with van der Waals surface area (Å²) in [5, 5.41) is 4.57. The zero-order valence-electron chi connectivity index (χ0n) is 20.7. The molecule has 2 aliphatic rings. The molecule has 1 saturated heterocycles. The molecule has 1 aliphatic heterocycles. The smallest absolute Gasteiger partial charge is 0 e. The van der Waals surface area contributed by atoms with Gasteiger partial charge in [0.15, 0.2) is 0 Å². The summed E-state index contributed by atoms with van der Waals surface area (Å²) < 4.78 is 1.03. The molecule has 3 atom stereocenters. The van der Waals surface area contributed by atoms with Crippen LogP contribution in [0.25, 0.3) is 10.9 Å². The molecule has 1 aromatic carbocycles. The van der Waals surface area contributed by atoms with Crippen molar-refractivity contribution in [2.24, 2.45) is 5.92 Å². The van der Waals surface area contributed by atoms with Gasteiger partial charge in [-0.15, -0.1) is 0 Å². The van der Waals surface area contributed by atoms with Crippen LogP contribution in [0.15, 0.2) is 37.1 Å². The maximum Gasteiger partial charge on any atom is 0 e. The largest absolute Gasteiger partial charge is 0.0656 e. The standard InChI is InChI=1S/C24H32N4O.C3H8.V.H2/c1-4-11-28-16-18(24(29)27(5-2)12-7-10-25-3)13-20-19-8-6-9-21-23(19)17(15-26-21)14-22(20)28;1-3-2;;/h4,6,8-9,15,18,20,22,25-26H,1,7,10-14,16H2,2-3H3;3H2,1-2H3;;1H/t18-,20-,22-;;;/m1.../s1. The normalized spacial score (nSPS) is 21.6. The first-order valence-electron chi connectivity index (χ1n) is 12.4. The summed E-state index contributed by atoms with van der Waals surface area (Å²) in [6, 6.07) is 7.01. The molecule has 1 amide bonds. The minimum absolute atomic E-state index is 0.